The molecule has 1 heterocycles. The molecule has 9 heteroatoms. The SMILES string of the molecule is Cn1nnnc1SCC(=O)Nc1ccc(Cl)cc1C(=O)c1ccccc1. The molecule has 0 spiro atoms. The van der Waals surface area contributed by atoms with E-state index in [2.05, 4.69) is 20.8 Å². The molecule has 1 amide bonds. The van der Waals surface area contributed by atoms with Crippen molar-refractivity contribution in [2.75, 3.05) is 11.1 Å². The number of hydrogen-bond donors (Lipinski definition) is 1. The second-order valence-corrected chi connectivity index (χ2v) is 6.69. The molecule has 0 saturated carbocycles. The number of carbonyl (C=O) groups is 2. The summed E-state index contributed by atoms with van der Waals surface area (Å²) in [5, 5.41) is 14.7. The van der Waals surface area contributed by atoms with Crippen LogP contribution in [0.15, 0.2) is 53.7 Å². The fourth-order valence-corrected chi connectivity index (χ4v) is 3.04. The van der Waals surface area contributed by atoms with Gasteiger partial charge in [-0.15, -0.1) is 5.10 Å². The van der Waals surface area contributed by atoms with Gasteiger partial charge in [0.15, 0.2) is 5.78 Å². The number of thioether (sulfide) groups is 1. The number of aromatic nitrogens is 4. The summed E-state index contributed by atoms with van der Waals surface area (Å²) < 4.78 is 1.48. The second-order valence-electron chi connectivity index (χ2n) is 5.31. The quantitative estimate of drug-likeness (QED) is 0.516. The van der Waals surface area contributed by atoms with Gasteiger partial charge in [0.25, 0.3) is 0 Å². The lowest BCUT2D eigenvalue weighted by atomic mass is 10.0. The molecule has 1 N–H and O–H groups in total. The Hall–Kier alpha value is -2.71. The average molecular weight is 388 g/mol. The summed E-state index contributed by atoms with van der Waals surface area (Å²) in [6.07, 6.45) is 0. The summed E-state index contributed by atoms with van der Waals surface area (Å²) in [7, 11) is 1.69. The monoisotopic (exact) mass is 387 g/mol. The normalized spacial score (nSPS) is 10.5. The lowest BCUT2D eigenvalue weighted by Gasteiger charge is -2.11. The van der Waals surface area contributed by atoms with Crippen LogP contribution in [0.2, 0.25) is 5.02 Å². The molecule has 26 heavy (non-hydrogen) atoms. The predicted molar refractivity (Wildman–Crippen MR) is 99.5 cm³/mol. The maximum atomic E-state index is 12.7. The first-order valence-electron chi connectivity index (χ1n) is 7.59. The van der Waals surface area contributed by atoms with E-state index < -0.39 is 0 Å². The molecule has 0 unspecified atom stereocenters. The summed E-state index contributed by atoms with van der Waals surface area (Å²) >= 11 is 7.24. The van der Waals surface area contributed by atoms with Crippen molar-refractivity contribution in [1.29, 1.82) is 0 Å². The fourth-order valence-electron chi connectivity index (χ4n) is 2.22. The zero-order valence-corrected chi connectivity index (χ0v) is 15.3. The molecule has 1 aromatic heterocycles. The summed E-state index contributed by atoms with van der Waals surface area (Å²) in [5.41, 5.74) is 1.26. The van der Waals surface area contributed by atoms with Crippen molar-refractivity contribution in [2.24, 2.45) is 7.05 Å². The van der Waals surface area contributed by atoms with Crippen LogP contribution in [0.4, 0.5) is 5.69 Å². The van der Waals surface area contributed by atoms with Crippen molar-refractivity contribution in [3.05, 3.63) is 64.7 Å². The first-order chi connectivity index (χ1) is 12.5. The number of nitrogens with zero attached hydrogens (tertiary/aromatic N) is 4. The number of ketones is 1. The highest BCUT2D eigenvalue weighted by molar-refractivity contribution is 7.99. The second kappa shape index (κ2) is 8.11. The van der Waals surface area contributed by atoms with E-state index in [1.54, 1.807) is 49.5 Å². The molecule has 3 aromatic rings. The number of halogens is 1. The summed E-state index contributed by atoms with van der Waals surface area (Å²) in [6, 6.07) is 13.6. The van der Waals surface area contributed by atoms with Crippen molar-refractivity contribution in [3.63, 3.8) is 0 Å². The van der Waals surface area contributed by atoms with Crippen molar-refractivity contribution < 1.29 is 9.59 Å². The van der Waals surface area contributed by atoms with Gasteiger partial charge in [0.05, 0.1) is 11.4 Å². The van der Waals surface area contributed by atoms with E-state index in [0.717, 1.165) is 0 Å². The van der Waals surface area contributed by atoms with Gasteiger partial charge in [-0.3, -0.25) is 9.59 Å². The first-order valence-corrected chi connectivity index (χ1v) is 8.95. The molecular weight excluding hydrogens is 374 g/mol. The molecule has 2 aromatic carbocycles. The highest BCUT2D eigenvalue weighted by Gasteiger charge is 2.16. The average Bonchev–Trinajstić information content (AvgIpc) is 3.06. The Labute approximate surface area is 158 Å². The van der Waals surface area contributed by atoms with Gasteiger partial charge in [-0.2, -0.15) is 0 Å². The van der Waals surface area contributed by atoms with Gasteiger partial charge in [-0.25, -0.2) is 4.68 Å². The number of tetrazole rings is 1. The number of nitrogens with one attached hydrogen (secondary N) is 1. The van der Waals surface area contributed by atoms with Crippen LogP contribution in [0.5, 0.6) is 0 Å². The van der Waals surface area contributed by atoms with Crippen LogP contribution in [-0.2, 0) is 11.8 Å². The Balaban J connectivity index is 1.76. The molecule has 0 bridgehead atoms. The van der Waals surface area contributed by atoms with Gasteiger partial charge >= 0.3 is 0 Å². The van der Waals surface area contributed by atoms with Gasteiger partial charge in [-0.1, -0.05) is 53.7 Å². The van der Waals surface area contributed by atoms with Crippen LogP contribution in [0.25, 0.3) is 0 Å². The molecule has 132 valence electrons. The minimum atomic E-state index is -0.276. The fraction of sp³-hybridized carbons (Fsp3) is 0.118. The van der Waals surface area contributed by atoms with Crippen LogP contribution < -0.4 is 5.32 Å². The number of anilines is 1. The van der Waals surface area contributed by atoms with E-state index in [9.17, 15) is 9.59 Å². The molecule has 3 rings (SSSR count). The van der Waals surface area contributed by atoms with Gasteiger partial charge < -0.3 is 5.32 Å². The third-order valence-corrected chi connectivity index (χ3v) is 4.70. The summed E-state index contributed by atoms with van der Waals surface area (Å²) in [6.45, 7) is 0. The third-order valence-electron chi connectivity index (χ3n) is 3.45. The van der Waals surface area contributed by atoms with Crippen molar-refractivity contribution >= 4 is 40.7 Å². The summed E-state index contributed by atoms with van der Waals surface area (Å²) in [5.74, 6) is -0.383. The lowest BCUT2D eigenvalue weighted by molar-refractivity contribution is -0.113. The van der Waals surface area contributed by atoms with Gasteiger partial charge in [-0.05, 0) is 28.6 Å². The maximum absolute atomic E-state index is 12.7. The Morgan fingerprint density at radius 3 is 2.65 bits per heavy atom. The Kier molecular flexibility index (Phi) is 5.65. The van der Waals surface area contributed by atoms with Crippen molar-refractivity contribution in [3.8, 4) is 0 Å². The van der Waals surface area contributed by atoms with Gasteiger partial charge in [0, 0.05) is 23.2 Å². The zero-order chi connectivity index (χ0) is 18.5. The van der Waals surface area contributed by atoms with E-state index in [4.69, 9.17) is 11.6 Å². The molecule has 0 aliphatic heterocycles. The van der Waals surface area contributed by atoms with Gasteiger partial charge in [0.2, 0.25) is 11.1 Å². The van der Waals surface area contributed by atoms with Crippen LogP contribution in [0, 0.1) is 0 Å². The maximum Gasteiger partial charge on any atom is 0.234 e. The molecule has 0 aliphatic carbocycles. The topological polar surface area (TPSA) is 89.8 Å². The van der Waals surface area contributed by atoms with Crippen molar-refractivity contribution in [1.82, 2.24) is 20.2 Å². The molecule has 7 nitrogen and oxygen atoms in total. The number of benzene rings is 2. The highest BCUT2D eigenvalue weighted by atomic mass is 35.5. The molecule has 0 saturated heterocycles. The minimum Gasteiger partial charge on any atom is -0.325 e. The molecule has 0 atom stereocenters. The summed E-state index contributed by atoms with van der Waals surface area (Å²) in [4.78, 5) is 25.0. The molecular formula is C17H14ClN5O2S. The van der Waals surface area contributed by atoms with E-state index in [0.29, 0.717) is 27.0 Å². The Bertz CT molecular complexity index is 945. The third kappa shape index (κ3) is 4.27. The Morgan fingerprint density at radius 2 is 1.96 bits per heavy atom. The number of amides is 1. The van der Waals surface area contributed by atoms with Crippen molar-refractivity contribution in [2.45, 2.75) is 5.16 Å². The minimum absolute atomic E-state index is 0.107. The van der Waals surface area contributed by atoms with E-state index in [1.807, 2.05) is 6.07 Å². The highest BCUT2D eigenvalue weighted by Crippen LogP contribution is 2.24. The van der Waals surface area contributed by atoms with Crippen LogP contribution in [0.3, 0.4) is 0 Å². The van der Waals surface area contributed by atoms with Crippen LogP contribution in [-0.4, -0.2) is 37.7 Å². The predicted octanol–water partition coefficient (Wildman–Crippen LogP) is 2.83. The first kappa shape index (κ1) is 18.1. The van der Waals surface area contributed by atoms with E-state index in [-0.39, 0.29) is 17.4 Å². The van der Waals surface area contributed by atoms with Gasteiger partial charge in [0.1, 0.15) is 0 Å². The smallest absolute Gasteiger partial charge is 0.234 e. The largest absolute Gasteiger partial charge is 0.325 e. The number of rotatable bonds is 6. The number of carbonyl (C=O) groups excluding carboxylic acids is 2. The van der Waals surface area contributed by atoms with E-state index >= 15 is 0 Å². The number of aryl methyl sites for hydroxylation is 1. The van der Waals surface area contributed by atoms with Crippen LogP contribution in [0.1, 0.15) is 15.9 Å². The standard InChI is InChI=1S/C17H14ClN5O2S/c1-23-17(20-21-22-23)26-10-15(24)19-14-8-7-12(18)9-13(14)16(25)11-5-3-2-4-6-11/h2-9H,10H2,1H3,(H,19,24). The van der Waals surface area contributed by atoms with E-state index in [1.165, 1.54) is 16.4 Å². The number of hydrogen-bond acceptors (Lipinski definition) is 6. The Morgan fingerprint density at radius 1 is 1.19 bits per heavy atom. The lowest BCUT2D eigenvalue weighted by Crippen LogP contribution is -2.17. The molecule has 0 radical (unpaired) electrons. The molecule has 0 aliphatic rings. The zero-order valence-electron chi connectivity index (χ0n) is 13.7. The van der Waals surface area contributed by atoms with Crippen LogP contribution >= 0.6 is 23.4 Å². The molecule has 0 fully saturated rings.